The number of carboxylic acids is 1. The molecule has 0 spiro atoms. The molecule has 0 aliphatic heterocycles. The molecule has 0 unspecified atom stereocenters. The van der Waals surface area contributed by atoms with Crippen molar-refractivity contribution >= 4 is 5.97 Å². The van der Waals surface area contributed by atoms with Gasteiger partial charge in [-0.05, 0) is 6.92 Å². The van der Waals surface area contributed by atoms with Crippen LogP contribution in [0.2, 0.25) is 0 Å². The van der Waals surface area contributed by atoms with Crippen molar-refractivity contribution in [1.29, 1.82) is 0 Å². The van der Waals surface area contributed by atoms with E-state index in [1.165, 1.54) is 0 Å². The van der Waals surface area contributed by atoms with Crippen LogP contribution in [-0.2, 0) is 4.79 Å². The molecule has 70 valence electrons. The number of aliphatic carboxylic acids is 1. The van der Waals surface area contributed by atoms with Gasteiger partial charge in [0.2, 0.25) is 0 Å². The Balaban J connectivity index is 4.38. The average Bonchev–Trinajstić information content (AvgIpc) is 1.85. The Kier molecular flexibility index (Phi) is 3.92. The van der Waals surface area contributed by atoms with Crippen LogP contribution < -0.4 is 0 Å². The van der Waals surface area contributed by atoms with E-state index in [2.05, 4.69) is 0 Å². The summed E-state index contributed by atoms with van der Waals surface area (Å²) >= 11 is 0. The van der Waals surface area contributed by atoms with Gasteiger partial charge in [0.05, 0.1) is 26.3 Å². The van der Waals surface area contributed by atoms with Gasteiger partial charge in [0.1, 0.15) is 12.7 Å². The second-order valence-electron chi connectivity index (χ2n) is 3.34. The summed E-state index contributed by atoms with van der Waals surface area (Å²) in [5.41, 5.74) is 0.299. The number of aliphatic hydroxyl groups excluding tert-OH is 1. The number of carboxylic acid groups (broad SMARTS) is 1. The molecule has 0 aromatic heterocycles. The monoisotopic (exact) mass is 174 g/mol. The summed E-state index contributed by atoms with van der Waals surface area (Å²) < 4.78 is 0.384. The molecule has 0 aromatic carbocycles. The Labute approximate surface area is 72.3 Å². The largest absolute Gasteiger partial charge is 0.478 e. The van der Waals surface area contributed by atoms with Gasteiger partial charge in [-0.3, -0.25) is 4.48 Å². The van der Waals surface area contributed by atoms with Crippen LogP contribution in [0.3, 0.4) is 0 Å². The number of hydrogen-bond acceptors (Lipinski definition) is 2. The topological polar surface area (TPSA) is 57.5 Å². The Bertz CT molecular complexity index is 196. The van der Waals surface area contributed by atoms with Crippen LogP contribution in [-0.4, -0.2) is 47.9 Å². The summed E-state index contributed by atoms with van der Waals surface area (Å²) in [5.74, 6) is -0.917. The number of hydrogen-bond donors (Lipinski definition) is 2. The van der Waals surface area contributed by atoms with Gasteiger partial charge in [-0.1, -0.05) is 0 Å². The molecule has 0 heterocycles. The SMILES string of the molecule is CC(=C[N+](C)(C)CCO)C(=O)O. The van der Waals surface area contributed by atoms with E-state index in [1.54, 1.807) is 13.1 Å². The van der Waals surface area contributed by atoms with Gasteiger partial charge in [-0.15, -0.1) is 0 Å². The molecule has 0 aliphatic rings. The maximum absolute atomic E-state index is 10.4. The third-order valence-corrected chi connectivity index (χ3v) is 1.56. The first-order valence-electron chi connectivity index (χ1n) is 3.75. The summed E-state index contributed by atoms with van der Waals surface area (Å²) in [6.45, 7) is 2.11. The van der Waals surface area contributed by atoms with Crippen LogP contribution >= 0.6 is 0 Å². The first-order chi connectivity index (χ1) is 5.39. The van der Waals surface area contributed by atoms with Crippen molar-refractivity contribution in [2.45, 2.75) is 6.92 Å². The zero-order valence-electron chi connectivity index (χ0n) is 7.74. The second-order valence-corrected chi connectivity index (χ2v) is 3.34. The maximum Gasteiger partial charge on any atom is 0.336 e. The van der Waals surface area contributed by atoms with Crippen molar-refractivity contribution in [3.8, 4) is 0 Å². The molecule has 0 atom stereocenters. The van der Waals surface area contributed by atoms with Crippen molar-refractivity contribution in [1.82, 2.24) is 0 Å². The Morgan fingerprint density at radius 2 is 2.00 bits per heavy atom. The Morgan fingerprint density at radius 1 is 1.50 bits per heavy atom. The fraction of sp³-hybridized carbons (Fsp3) is 0.625. The number of carbonyl (C=O) groups is 1. The van der Waals surface area contributed by atoms with Gasteiger partial charge < -0.3 is 10.2 Å². The van der Waals surface area contributed by atoms with Gasteiger partial charge in [0.15, 0.2) is 0 Å². The minimum absolute atomic E-state index is 0.0520. The molecule has 4 heteroatoms. The molecule has 0 radical (unpaired) electrons. The predicted octanol–water partition coefficient (Wildman–Crippen LogP) is 0.0435. The summed E-state index contributed by atoms with van der Waals surface area (Å²) in [4.78, 5) is 10.4. The highest BCUT2D eigenvalue weighted by atomic mass is 16.4. The van der Waals surface area contributed by atoms with E-state index in [4.69, 9.17) is 10.2 Å². The van der Waals surface area contributed by atoms with Crippen LogP contribution in [0.15, 0.2) is 11.8 Å². The van der Waals surface area contributed by atoms with Gasteiger partial charge in [-0.25, -0.2) is 4.79 Å². The van der Waals surface area contributed by atoms with Crippen molar-refractivity contribution < 1.29 is 19.5 Å². The third kappa shape index (κ3) is 4.10. The van der Waals surface area contributed by atoms with Crippen molar-refractivity contribution in [2.24, 2.45) is 0 Å². The minimum atomic E-state index is -0.917. The lowest BCUT2D eigenvalue weighted by Gasteiger charge is -2.24. The van der Waals surface area contributed by atoms with E-state index >= 15 is 0 Å². The summed E-state index contributed by atoms with van der Waals surface area (Å²) in [6, 6.07) is 0. The molecule has 0 rings (SSSR count). The zero-order valence-corrected chi connectivity index (χ0v) is 7.74. The lowest BCUT2D eigenvalue weighted by molar-refractivity contribution is -0.839. The number of likely N-dealkylation sites (N-methyl/N-ethyl adjacent to an activating group) is 1. The van der Waals surface area contributed by atoms with E-state index in [0.717, 1.165) is 0 Å². The van der Waals surface area contributed by atoms with Crippen molar-refractivity contribution in [3.63, 3.8) is 0 Å². The summed E-state index contributed by atoms with van der Waals surface area (Å²) in [5, 5.41) is 17.2. The van der Waals surface area contributed by atoms with E-state index < -0.39 is 5.97 Å². The first-order valence-corrected chi connectivity index (χ1v) is 3.75. The van der Waals surface area contributed by atoms with Crippen LogP contribution in [0.25, 0.3) is 0 Å². The minimum Gasteiger partial charge on any atom is -0.478 e. The third-order valence-electron chi connectivity index (χ3n) is 1.56. The molecule has 0 fully saturated rings. The average molecular weight is 174 g/mol. The summed E-state index contributed by atoms with van der Waals surface area (Å²) in [6.07, 6.45) is 1.61. The predicted molar refractivity (Wildman–Crippen MR) is 45.5 cm³/mol. The zero-order chi connectivity index (χ0) is 9.78. The molecule has 0 aliphatic carbocycles. The van der Waals surface area contributed by atoms with Crippen molar-refractivity contribution in [2.75, 3.05) is 27.2 Å². The quantitative estimate of drug-likeness (QED) is 0.467. The molecular formula is C8H16NO3+. The molecule has 12 heavy (non-hydrogen) atoms. The second kappa shape index (κ2) is 4.23. The molecule has 0 saturated heterocycles. The van der Waals surface area contributed by atoms with Gasteiger partial charge in [0, 0.05) is 0 Å². The molecule has 0 aromatic rings. The lowest BCUT2D eigenvalue weighted by Crippen LogP contribution is -2.36. The standard InChI is InChI=1S/C8H15NO3/c1-7(8(11)12)6-9(2,3)4-5-10/h6,10H,4-5H2,1-3H3/p+1. The highest BCUT2D eigenvalue weighted by molar-refractivity contribution is 5.85. The van der Waals surface area contributed by atoms with E-state index in [0.29, 0.717) is 16.6 Å². The molecule has 4 nitrogen and oxygen atoms in total. The fourth-order valence-electron chi connectivity index (χ4n) is 0.902. The van der Waals surface area contributed by atoms with Crippen LogP contribution in [0.1, 0.15) is 6.92 Å². The number of rotatable bonds is 4. The van der Waals surface area contributed by atoms with Crippen LogP contribution in [0.4, 0.5) is 0 Å². The van der Waals surface area contributed by atoms with Crippen LogP contribution in [0, 0.1) is 0 Å². The molecule has 0 bridgehead atoms. The van der Waals surface area contributed by atoms with E-state index in [9.17, 15) is 4.79 Å². The Hall–Kier alpha value is -0.870. The molecule has 0 amide bonds. The van der Waals surface area contributed by atoms with E-state index in [-0.39, 0.29) is 6.61 Å². The van der Waals surface area contributed by atoms with Crippen LogP contribution in [0.5, 0.6) is 0 Å². The summed E-state index contributed by atoms with van der Waals surface area (Å²) in [7, 11) is 3.67. The highest BCUT2D eigenvalue weighted by Gasteiger charge is 2.13. The first kappa shape index (κ1) is 11.1. The van der Waals surface area contributed by atoms with Gasteiger partial charge >= 0.3 is 5.97 Å². The molecule has 0 saturated carbocycles. The smallest absolute Gasteiger partial charge is 0.336 e. The van der Waals surface area contributed by atoms with Crippen molar-refractivity contribution in [3.05, 3.63) is 11.8 Å². The number of quaternary nitrogens is 1. The molecular weight excluding hydrogens is 158 g/mol. The number of aliphatic hydroxyl groups is 1. The highest BCUT2D eigenvalue weighted by Crippen LogP contribution is 2.02. The molecule has 2 N–H and O–H groups in total. The van der Waals surface area contributed by atoms with Gasteiger partial charge in [-0.2, -0.15) is 0 Å². The fourth-order valence-corrected chi connectivity index (χ4v) is 0.902. The van der Waals surface area contributed by atoms with Gasteiger partial charge in [0.25, 0.3) is 0 Å². The maximum atomic E-state index is 10.4. The Morgan fingerprint density at radius 3 is 2.33 bits per heavy atom. The van der Waals surface area contributed by atoms with E-state index in [1.807, 2.05) is 14.1 Å². The lowest BCUT2D eigenvalue weighted by atomic mass is 10.3. The normalized spacial score (nSPS) is 13.2. The number of nitrogens with zero attached hydrogens (tertiary/aromatic N) is 1.